The summed E-state index contributed by atoms with van der Waals surface area (Å²) in [6, 6.07) is 0. The van der Waals surface area contributed by atoms with Gasteiger partial charge in [-0.25, -0.2) is 0 Å². The molecule has 2 heteroatoms. The summed E-state index contributed by atoms with van der Waals surface area (Å²) in [6.45, 7) is 9.48. The molecule has 0 aliphatic heterocycles. The minimum absolute atomic E-state index is 0. The molecular formula is C20H43CuLi. The fourth-order valence-corrected chi connectivity index (χ4v) is 4.13. The molecule has 0 fully saturated rings. The standard InChI is InChI=1S/2C10H21.Cu.Li.H/c2*1-4-5-6-7-8-9-10(2)3;;;/h2*10H,2,4-9H2,1,3H3;;;. The van der Waals surface area contributed by atoms with Crippen molar-refractivity contribution in [1.29, 1.82) is 0 Å². The fourth-order valence-electron chi connectivity index (χ4n) is 2.66. The summed E-state index contributed by atoms with van der Waals surface area (Å²) in [6.07, 6.45) is 17.2. The summed E-state index contributed by atoms with van der Waals surface area (Å²) in [5.41, 5.74) is 0. The third-order valence-corrected chi connectivity index (χ3v) is 6.05. The van der Waals surface area contributed by atoms with Crippen molar-refractivity contribution >= 4 is 18.9 Å². The molecule has 0 heterocycles. The predicted octanol–water partition coefficient (Wildman–Crippen LogP) is 7.25. The number of hydrogen-bond acceptors (Lipinski definition) is 0. The van der Waals surface area contributed by atoms with Gasteiger partial charge in [-0.05, 0) is 0 Å². The van der Waals surface area contributed by atoms with Crippen molar-refractivity contribution in [2.75, 3.05) is 0 Å². The number of rotatable bonds is 16. The molecule has 2 atom stereocenters. The maximum atomic E-state index is 2.44. The van der Waals surface area contributed by atoms with E-state index in [9.17, 15) is 0 Å². The van der Waals surface area contributed by atoms with Crippen LogP contribution >= 0.6 is 0 Å². The molecule has 0 saturated heterocycles. The molecule has 0 aromatic heterocycles. The average Bonchev–Trinajstić information content (AvgIpc) is 2.47. The molecule has 0 spiro atoms. The van der Waals surface area contributed by atoms with E-state index >= 15 is 0 Å². The van der Waals surface area contributed by atoms with Gasteiger partial charge in [-0.15, -0.1) is 0 Å². The van der Waals surface area contributed by atoms with Gasteiger partial charge in [0.05, 0.1) is 0 Å². The first-order valence-corrected chi connectivity index (χ1v) is 11.0. The molecule has 135 valence electrons. The second-order valence-corrected chi connectivity index (χ2v) is 8.25. The van der Waals surface area contributed by atoms with Crippen molar-refractivity contribution in [2.45, 2.75) is 115 Å². The summed E-state index contributed by atoms with van der Waals surface area (Å²) in [4.78, 5) is 0. The van der Waals surface area contributed by atoms with Gasteiger partial charge in [0.2, 0.25) is 0 Å². The van der Waals surface area contributed by atoms with Crippen LogP contribution in [-0.4, -0.2) is 18.9 Å². The molecule has 0 N–H and O–H groups in total. The SMILES string of the molecule is CCCCCCCC(C)[CH2][Cu][CH2]C(C)CCCCCCC.[LiH]. The Hall–Kier alpha value is 1.12. The van der Waals surface area contributed by atoms with Crippen LogP contribution in [0.5, 0.6) is 0 Å². The summed E-state index contributed by atoms with van der Waals surface area (Å²) in [5, 5.41) is 2.74. The van der Waals surface area contributed by atoms with Crippen LogP contribution in [0.1, 0.15) is 105 Å². The minimum atomic E-state index is 0. The van der Waals surface area contributed by atoms with E-state index in [0.717, 1.165) is 11.8 Å². The zero-order valence-electron chi connectivity index (χ0n) is 15.4. The monoisotopic (exact) mass is 353 g/mol. The van der Waals surface area contributed by atoms with Crippen LogP contribution in [0, 0.1) is 11.8 Å². The second-order valence-electron chi connectivity index (χ2n) is 7.01. The van der Waals surface area contributed by atoms with Crippen LogP contribution in [0.3, 0.4) is 0 Å². The Kier molecular flexibility index (Phi) is 23.2. The van der Waals surface area contributed by atoms with Crippen molar-refractivity contribution < 1.29 is 15.0 Å². The van der Waals surface area contributed by atoms with Gasteiger partial charge >= 0.3 is 161 Å². The molecule has 0 nitrogen and oxygen atoms in total. The van der Waals surface area contributed by atoms with Crippen molar-refractivity contribution in [3.63, 3.8) is 0 Å². The first-order valence-electron chi connectivity index (χ1n) is 9.63. The van der Waals surface area contributed by atoms with Gasteiger partial charge in [-0.2, -0.15) is 0 Å². The van der Waals surface area contributed by atoms with E-state index in [2.05, 4.69) is 42.7 Å². The fraction of sp³-hybridized carbons (Fsp3) is 1.00. The Morgan fingerprint density at radius 2 is 0.955 bits per heavy atom. The summed E-state index contributed by atoms with van der Waals surface area (Å²) in [7, 11) is 0. The number of hydrogen-bond donors (Lipinski definition) is 0. The third-order valence-electron chi connectivity index (χ3n) is 4.20. The van der Waals surface area contributed by atoms with Gasteiger partial charge in [-0.3, -0.25) is 0 Å². The van der Waals surface area contributed by atoms with Crippen LogP contribution in [0.25, 0.3) is 0 Å². The first kappa shape index (κ1) is 25.4. The zero-order valence-corrected chi connectivity index (χ0v) is 16.3. The molecule has 2 unspecified atom stereocenters. The molecule has 0 saturated carbocycles. The molecule has 0 aliphatic rings. The van der Waals surface area contributed by atoms with Crippen LogP contribution in [0.2, 0.25) is 10.6 Å². The van der Waals surface area contributed by atoms with Crippen molar-refractivity contribution in [3.8, 4) is 0 Å². The Morgan fingerprint density at radius 1 is 0.591 bits per heavy atom. The van der Waals surface area contributed by atoms with Gasteiger partial charge in [0.25, 0.3) is 0 Å². The molecule has 0 rings (SSSR count). The van der Waals surface area contributed by atoms with E-state index in [0.29, 0.717) is 0 Å². The van der Waals surface area contributed by atoms with Gasteiger partial charge in [-0.1, -0.05) is 0 Å². The molecular weight excluding hydrogens is 311 g/mol. The third kappa shape index (κ3) is 19.2. The Labute approximate surface area is 160 Å². The van der Waals surface area contributed by atoms with Gasteiger partial charge in [0, 0.05) is 0 Å². The van der Waals surface area contributed by atoms with Crippen LogP contribution in [0.15, 0.2) is 0 Å². The van der Waals surface area contributed by atoms with E-state index in [1.165, 1.54) is 87.7 Å². The maximum absolute atomic E-state index is 2.44. The van der Waals surface area contributed by atoms with E-state index in [1.54, 1.807) is 0 Å². The van der Waals surface area contributed by atoms with Crippen molar-refractivity contribution in [3.05, 3.63) is 0 Å². The van der Waals surface area contributed by atoms with E-state index in [-0.39, 0.29) is 18.9 Å². The molecule has 0 aromatic carbocycles. The molecule has 0 amide bonds. The average molecular weight is 354 g/mol. The van der Waals surface area contributed by atoms with Crippen molar-refractivity contribution in [2.24, 2.45) is 11.8 Å². The summed E-state index contributed by atoms with van der Waals surface area (Å²) < 4.78 is 0. The second kappa shape index (κ2) is 20.2. The Morgan fingerprint density at radius 3 is 1.32 bits per heavy atom. The topological polar surface area (TPSA) is 0 Å². The van der Waals surface area contributed by atoms with Crippen LogP contribution in [-0.2, 0) is 15.0 Å². The molecule has 22 heavy (non-hydrogen) atoms. The Bertz CT molecular complexity index is 176. The number of unbranched alkanes of at least 4 members (excludes halogenated alkanes) is 8. The van der Waals surface area contributed by atoms with Gasteiger partial charge in [0.15, 0.2) is 0 Å². The first-order chi connectivity index (χ1) is 10.2. The van der Waals surface area contributed by atoms with E-state index < -0.39 is 0 Å². The molecule has 0 aromatic rings. The van der Waals surface area contributed by atoms with Crippen LogP contribution < -0.4 is 0 Å². The van der Waals surface area contributed by atoms with Crippen LogP contribution in [0.4, 0.5) is 0 Å². The molecule has 0 aliphatic carbocycles. The van der Waals surface area contributed by atoms with E-state index in [1.807, 2.05) is 0 Å². The summed E-state index contributed by atoms with van der Waals surface area (Å²) in [5.74, 6) is 1.84. The predicted molar refractivity (Wildman–Crippen MR) is 102 cm³/mol. The normalized spacial score (nSPS) is 13.8. The van der Waals surface area contributed by atoms with E-state index in [4.69, 9.17) is 0 Å². The molecule has 0 bridgehead atoms. The summed E-state index contributed by atoms with van der Waals surface area (Å²) >= 11 is 2.30. The zero-order chi connectivity index (χ0) is 15.8. The quantitative estimate of drug-likeness (QED) is 0.202. The Balaban J connectivity index is 0. The van der Waals surface area contributed by atoms with Crippen molar-refractivity contribution in [1.82, 2.24) is 0 Å². The van der Waals surface area contributed by atoms with Gasteiger partial charge < -0.3 is 0 Å². The molecule has 0 radical (unpaired) electrons. The van der Waals surface area contributed by atoms with Gasteiger partial charge in [0.1, 0.15) is 0 Å².